The number of hydrogen-bond acceptors (Lipinski definition) is 2. The highest BCUT2D eigenvalue weighted by molar-refractivity contribution is 5.07. The summed E-state index contributed by atoms with van der Waals surface area (Å²) in [5, 5.41) is 8.49. The van der Waals surface area contributed by atoms with Crippen LogP contribution in [0.25, 0.3) is 0 Å². The minimum atomic E-state index is 0.653. The van der Waals surface area contributed by atoms with Crippen molar-refractivity contribution in [2.24, 2.45) is 22.1 Å². The molecule has 4 atom stereocenters. The maximum atomic E-state index is 4.25. The smallest absolute Gasteiger partial charge is 0.0740 e. The Bertz CT molecular complexity index is 158. The molecule has 48 valence electrons. The van der Waals surface area contributed by atoms with Gasteiger partial charge in [-0.2, -0.15) is 10.2 Å². The van der Waals surface area contributed by atoms with Crippen LogP contribution in [-0.4, -0.2) is 12.1 Å². The molecule has 2 nitrogen and oxygen atoms in total. The first-order valence-electron chi connectivity index (χ1n) is 3.85. The Labute approximate surface area is 54.4 Å². The fourth-order valence-electron chi connectivity index (χ4n) is 2.35. The Morgan fingerprint density at radius 1 is 0.889 bits per heavy atom. The molecule has 2 aliphatic heterocycles. The zero-order valence-corrected chi connectivity index (χ0v) is 5.33. The molecule has 2 aliphatic carbocycles. The number of hydrogen-bond donors (Lipinski definition) is 0. The lowest BCUT2D eigenvalue weighted by molar-refractivity contribution is 0.306. The first-order valence-corrected chi connectivity index (χ1v) is 3.85. The molecule has 0 amide bonds. The molecule has 2 heteroatoms. The second kappa shape index (κ2) is 1.20. The Morgan fingerprint density at radius 2 is 1.44 bits per heavy atom. The third kappa shape index (κ3) is 0.428. The van der Waals surface area contributed by atoms with Gasteiger partial charge in [-0.1, -0.05) is 0 Å². The molecule has 2 saturated carbocycles. The van der Waals surface area contributed by atoms with E-state index in [1.165, 1.54) is 19.3 Å². The summed E-state index contributed by atoms with van der Waals surface area (Å²) in [4.78, 5) is 0. The van der Waals surface area contributed by atoms with Crippen molar-refractivity contribution in [2.45, 2.75) is 31.3 Å². The quantitative estimate of drug-likeness (QED) is 0.466. The summed E-state index contributed by atoms with van der Waals surface area (Å²) >= 11 is 0. The molecule has 0 aromatic heterocycles. The van der Waals surface area contributed by atoms with Crippen LogP contribution in [0.5, 0.6) is 0 Å². The van der Waals surface area contributed by atoms with Gasteiger partial charge in [0, 0.05) is 0 Å². The van der Waals surface area contributed by atoms with Crippen LogP contribution in [0, 0.1) is 11.8 Å². The fraction of sp³-hybridized carbons (Fsp3) is 1.00. The Morgan fingerprint density at radius 3 is 1.78 bits per heavy atom. The topological polar surface area (TPSA) is 24.7 Å². The van der Waals surface area contributed by atoms with E-state index in [2.05, 4.69) is 10.2 Å². The predicted molar refractivity (Wildman–Crippen MR) is 33.3 cm³/mol. The molecule has 0 aromatic rings. The van der Waals surface area contributed by atoms with E-state index in [1.807, 2.05) is 0 Å². The second-order valence-electron chi connectivity index (χ2n) is 3.51. The molecule has 0 aromatic carbocycles. The molecule has 9 heavy (non-hydrogen) atoms. The molecule has 4 aliphatic rings. The van der Waals surface area contributed by atoms with Gasteiger partial charge in [0.15, 0.2) is 0 Å². The molecule has 0 radical (unpaired) electrons. The first-order chi connectivity index (χ1) is 4.45. The average Bonchev–Trinajstić information content (AvgIpc) is 2.68. The molecule has 4 rings (SSSR count). The van der Waals surface area contributed by atoms with Gasteiger partial charge in [0.1, 0.15) is 0 Å². The van der Waals surface area contributed by atoms with Gasteiger partial charge in [0.05, 0.1) is 12.1 Å². The van der Waals surface area contributed by atoms with Crippen molar-refractivity contribution in [1.29, 1.82) is 0 Å². The van der Waals surface area contributed by atoms with Crippen molar-refractivity contribution < 1.29 is 0 Å². The van der Waals surface area contributed by atoms with E-state index in [1.54, 1.807) is 0 Å². The predicted octanol–water partition coefficient (Wildman–Crippen LogP) is 1.62. The zero-order chi connectivity index (χ0) is 5.84. The number of rotatable bonds is 0. The lowest BCUT2D eigenvalue weighted by Gasteiger charge is -2.26. The van der Waals surface area contributed by atoms with Crippen LogP contribution in [-0.2, 0) is 0 Å². The molecule has 2 fully saturated rings. The molecule has 2 bridgehead atoms. The summed E-state index contributed by atoms with van der Waals surface area (Å²) in [6.07, 6.45) is 4.09. The van der Waals surface area contributed by atoms with Crippen molar-refractivity contribution in [3.05, 3.63) is 0 Å². The second-order valence-corrected chi connectivity index (χ2v) is 3.51. The molecular formula is C7H10N2. The normalized spacial score (nSPS) is 59.6. The number of azo groups is 1. The van der Waals surface area contributed by atoms with Gasteiger partial charge in [0.25, 0.3) is 0 Å². The maximum Gasteiger partial charge on any atom is 0.0740 e. The summed E-state index contributed by atoms with van der Waals surface area (Å²) in [6, 6.07) is 1.31. The van der Waals surface area contributed by atoms with Gasteiger partial charge in [-0.25, -0.2) is 0 Å². The van der Waals surface area contributed by atoms with Crippen molar-refractivity contribution in [3.63, 3.8) is 0 Å². The highest BCUT2D eigenvalue weighted by Crippen LogP contribution is 2.54. The van der Waals surface area contributed by atoms with Crippen molar-refractivity contribution in [1.82, 2.24) is 0 Å². The van der Waals surface area contributed by atoms with E-state index in [0.717, 1.165) is 11.8 Å². The highest BCUT2D eigenvalue weighted by atomic mass is 15.2. The van der Waals surface area contributed by atoms with E-state index >= 15 is 0 Å². The van der Waals surface area contributed by atoms with Gasteiger partial charge >= 0.3 is 0 Å². The summed E-state index contributed by atoms with van der Waals surface area (Å²) in [5.41, 5.74) is 0. The molecule has 4 unspecified atom stereocenters. The van der Waals surface area contributed by atoms with Crippen LogP contribution in [0.4, 0.5) is 0 Å². The third-order valence-corrected chi connectivity index (χ3v) is 3.00. The summed E-state index contributed by atoms with van der Waals surface area (Å²) in [5.74, 6) is 1.95. The third-order valence-electron chi connectivity index (χ3n) is 3.00. The van der Waals surface area contributed by atoms with Crippen LogP contribution in [0.3, 0.4) is 0 Å². The van der Waals surface area contributed by atoms with E-state index in [0.29, 0.717) is 12.1 Å². The van der Waals surface area contributed by atoms with E-state index in [9.17, 15) is 0 Å². The molecule has 0 spiro atoms. The van der Waals surface area contributed by atoms with Gasteiger partial charge in [0.2, 0.25) is 0 Å². The Balaban J connectivity index is 2.05. The minimum absolute atomic E-state index is 0.653. The SMILES string of the molecule is C1CC2N=NC1C1CC21. The largest absolute Gasteiger partial charge is 0.190 e. The van der Waals surface area contributed by atoms with Gasteiger partial charge < -0.3 is 0 Å². The maximum absolute atomic E-state index is 4.25. The minimum Gasteiger partial charge on any atom is -0.190 e. The van der Waals surface area contributed by atoms with Gasteiger partial charge in [-0.05, 0) is 31.1 Å². The van der Waals surface area contributed by atoms with Gasteiger partial charge in [-0.3, -0.25) is 0 Å². The molecule has 0 saturated heterocycles. The van der Waals surface area contributed by atoms with Crippen LogP contribution in [0.2, 0.25) is 0 Å². The lowest BCUT2D eigenvalue weighted by atomic mass is 9.91. The molecular weight excluding hydrogens is 112 g/mol. The van der Waals surface area contributed by atoms with E-state index in [-0.39, 0.29) is 0 Å². The van der Waals surface area contributed by atoms with Crippen LogP contribution >= 0.6 is 0 Å². The monoisotopic (exact) mass is 122 g/mol. The van der Waals surface area contributed by atoms with E-state index < -0.39 is 0 Å². The van der Waals surface area contributed by atoms with Crippen molar-refractivity contribution in [2.75, 3.05) is 0 Å². The average molecular weight is 122 g/mol. The van der Waals surface area contributed by atoms with Crippen LogP contribution < -0.4 is 0 Å². The van der Waals surface area contributed by atoms with Gasteiger partial charge in [-0.15, -0.1) is 0 Å². The first kappa shape index (κ1) is 4.42. The summed E-state index contributed by atoms with van der Waals surface area (Å²) < 4.78 is 0. The fourth-order valence-corrected chi connectivity index (χ4v) is 2.35. The van der Waals surface area contributed by atoms with Crippen LogP contribution in [0.15, 0.2) is 10.2 Å². The molecule has 2 heterocycles. The summed E-state index contributed by atoms with van der Waals surface area (Å²) in [6.45, 7) is 0. The Kier molecular flexibility index (Phi) is 0.590. The number of fused-ring (bicyclic) bond motifs is 1. The summed E-state index contributed by atoms with van der Waals surface area (Å²) in [7, 11) is 0. The van der Waals surface area contributed by atoms with Crippen molar-refractivity contribution >= 4 is 0 Å². The number of nitrogens with zero attached hydrogens (tertiary/aromatic N) is 2. The van der Waals surface area contributed by atoms with Crippen LogP contribution in [0.1, 0.15) is 19.3 Å². The standard InChI is InChI=1S/C7H10N2/c1-2-7-5-3-4(5)6(1)8-9-7/h4-7H,1-3H2. The van der Waals surface area contributed by atoms with Crippen molar-refractivity contribution in [3.8, 4) is 0 Å². The Hall–Kier alpha value is -0.400. The highest BCUT2D eigenvalue weighted by Gasteiger charge is 2.53. The zero-order valence-electron chi connectivity index (χ0n) is 5.33. The lowest BCUT2D eigenvalue weighted by Crippen LogP contribution is -2.27. The van der Waals surface area contributed by atoms with E-state index in [4.69, 9.17) is 0 Å². The molecule has 0 N–H and O–H groups in total.